The minimum Gasteiger partial charge on any atom is -0.491 e. The van der Waals surface area contributed by atoms with E-state index in [1.165, 1.54) is 12.7 Å². The number of methoxy groups -OCH3 is 1. The second-order valence-electron chi connectivity index (χ2n) is 8.50. The Hall–Kier alpha value is -3.55. The average Bonchev–Trinajstić information content (AvgIpc) is 3.13. The quantitative estimate of drug-likeness (QED) is 0.281. The highest BCUT2D eigenvalue weighted by Crippen LogP contribution is 2.29. The van der Waals surface area contributed by atoms with E-state index in [9.17, 15) is 9.59 Å². The Morgan fingerprint density at radius 2 is 1.76 bits per heavy atom. The summed E-state index contributed by atoms with van der Waals surface area (Å²) in [6.07, 6.45) is 3.16. The van der Waals surface area contributed by atoms with Gasteiger partial charge in [-0.05, 0) is 48.9 Å². The number of esters is 1. The molecule has 1 saturated heterocycles. The molecule has 1 aliphatic rings. The van der Waals surface area contributed by atoms with Crippen LogP contribution in [0, 0.1) is 5.92 Å². The van der Waals surface area contributed by atoms with Gasteiger partial charge in [0.25, 0.3) is 0 Å². The summed E-state index contributed by atoms with van der Waals surface area (Å²) in [4.78, 5) is 30.7. The molecule has 0 unspecified atom stereocenters. The fraction of sp³-hybridized carbons (Fsp3) is 0.423. The standard InChI is InChI=1S/C26H34N4O4/c1-33-24(31)17-21-16-22(30(25(21)32)15-5-8-19-6-3-2-4-7-19)18-34-23-11-9-20(10-12-23)13-14-29-26(27)28/h2-4,6-7,9-12,21-22H,5,8,13-18H2,1H3,(H4,27,28,29)/t21-,22-/m0/s1. The summed E-state index contributed by atoms with van der Waals surface area (Å²) in [7, 11) is 1.35. The topological polar surface area (TPSA) is 120 Å². The van der Waals surface area contributed by atoms with Gasteiger partial charge in [-0.25, -0.2) is 0 Å². The minimum atomic E-state index is -0.365. The first-order valence-electron chi connectivity index (χ1n) is 11.6. The lowest BCUT2D eigenvalue weighted by Gasteiger charge is -2.25. The van der Waals surface area contributed by atoms with Crippen LogP contribution < -0.4 is 16.2 Å². The van der Waals surface area contributed by atoms with E-state index in [4.69, 9.17) is 20.9 Å². The Morgan fingerprint density at radius 1 is 1.06 bits per heavy atom. The largest absolute Gasteiger partial charge is 0.491 e. The maximum atomic E-state index is 13.0. The number of amides is 1. The molecule has 0 aliphatic carbocycles. The number of nitrogens with zero attached hydrogens (tertiary/aromatic N) is 2. The van der Waals surface area contributed by atoms with Crippen molar-refractivity contribution in [2.24, 2.45) is 22.4 Å². The number of ether oxygens (including phenoxy) is 2. The van der Waals surface area contributed by atoms with Gasteiger partial charge in [-0.1, -0.05) is 42.5 Å². The van der Waals surface area contributed by atoms with Gasteiger partial charge >= 0.3 is 5.97 Å². The summed E-state index contributed by atoms with van der Waals surface area (Å²) in [5.41, 5.74) is 13.1. The molecular formula is C26H34N4O4. The molecule has 34 heavy (non-hydrogen) atoms. The second-order valence-corrected chi connectivity index (χ2v) is 8.50. The summed E-state index contributed by atoms with van der Waals surface area (Å²) in [6, 6.07) is 17.9. The predicted molar refractivity (Wildman–Crippen MR) is 131 cm³/mol. The SMILES string of the molecule is COC(=O)C[C@@H]1C[C@@H](COc2ccc(CCN=C(N)N)cc2)N(CCCc2ccccc2)C1=O. The van der Waals surface area contributed by atoms with Crippen molar-refractivity contribution in [2.45, 2.75) is 38.1 Å². The number of aliphatic imine (C=N–C) groups is 1. The van der Waals surface area contributed by atoms with Crippen molar-refractivity contribution >= 4 is 17.8 Å². The van der Waals surface area contributed by atoms with Crippen molar-refractivity contribution in [3.8, 4) is 5.75 Å². The number of likely N-dealkylation sites (tertiary alicyclic amines) is 1. The highest BCUT2D eigenvalue weighted by atomic mass is 16.5. The second kappa shape index (κ2) is 12.6. The lowest BCUT2D eigenvalue weighted by atomic mass is 10.0. The Balaban J connectivity index is 1.57. The zero-order chi connectivity index (χ0) is 24.3. The van der Waals surface area contributed by atoms with Crippen molar-refractivity contribution < 1.29 is 19.1 Å². The van der Waals surface area contributed by atoms with Crippen molar-refractivity contribution in [1.29, 1.82) is 0 Å². The molecule has 2 atom stereocenters. The number of hydrogen-bond acceptors (Lipinski definition) is 5. The molecule has 182 valence electrons. The molecule has 4 N–H and O–H groups in total. The molecule has 1 heterocycles. The molecule has 1 fully saturated rings. The Morgan fingerprint density at radius 3 is 2.44 bits per heavy atom. The number of benzene rings is 2. The normalized spacial score (nSPS) is 17.4. The molecule has 0 radical (unpaired) electrons. The molecule has 2 aromatic rings. The maximum Gasteiger partial charge on any atom is 0.306 e. The van der Waals surface area contributed by atoms with E-state index in [1.807, 2.05) is 47.4 Å². The summed E-state index contributed by atoms with van der Waals surface area (Å²) in [6.45, 7) is 1.54. The lowest BCUT2D eigenvalue weighted by Crippen LogP contribution is -2.38. The number of aryl methyl sites for hydroxylation is 1. The third-order valence-corrected chi connectivity index (χ3v) is 6.04. The first-order valence-corrected chi connectivity index (χ1v) is 11.6. The van der Waals surface area contributed by atoms with Gasteiger partial charge in [0.15, 0.2) is 5.96 Å². The molecular weight excluding hydrogens is 432 g/mol. The molecule has 3 rings (SSSR count). The van der Waals surface area contributed by atoms with Gasteiger partial charge in [0.2, 0.25) is 5.91 Å². The van der Waals surface area contributed by atoms with Gasteiger partial charge in [-0.2, -0.15) is 0 Å². The molecule has 2 aromatic carbocycles. The van der Waals surface area contributed by atoms with Crippen molar-refractivity contribution in [1.82, 2.24) is 4.90 Å². The van der Waals surface area contributed by atoms with Crippen molar-refractivity contribution in [3.05, 3.63) is 65.7 Å². The van der Waals surface area contributed by atoms with Gasteiger partial charge < -0.3 is 25.8 Å². The van der Waals surface area contributed by atoms with Crippen LogP contribution in [0.4, 0.5) is 0 Å². The van der Waals surface area contributed by atoms with E-state index in [0.29, 0.717) is 26.1 Å². The summed E-state index contributed by atoms with van der Waals surface area (Å²) in [5.74, 6) is 0.0990. The molecule has 0 saturated carbocycles. The number of hydrogen-bond donors (Lipinski definition) is 2. The zero-order valence-corrected chi connectivity index (χ0v) is 19.7. The van der Waals surface area contributed by atoms with Gasteiger partial charge in [-0.3, -0.25) is 14.6 Å². The monoisotopic (exact) mass is 466 g/mol. The fourth-order valence-electron chi connectivity index (χ4n) is 4.23. The highest BCUT2D eigenvalue weighted by molar-refractivity contribution is 5.85. The summed E-state index contributed by atoms with van der Waals surface area (Å²) in [5, 5.41) is 0. The Bertz CT molecular complexity index is 959. The van der Waals surface area contributed by atoms with E-state index in [1.54, 1.807) is 0 Å². The first kappa shape index (κ1) is 25.1. The van der Waals surface area contributed by atoms with E-state index in [-0.39, 0.29) is 36.2 Å². The van der Waals surface area contributed by atoms with Gasteiger partial charge in [0.05, 0.1) is 25.5 Å². The predicted octanol–water partition coefficient (Wildman–Crippen LogP) is 2.29. The Kier molecular flexibility index (Phi) is 9.31. The highest BCUT2D eigenvalue weighted by Gasteiger charge is 2.40. The molecule has 1 amide bonds. The van der Waals surface area contributed by atoms with Crippen LogP contribution in [-0.2, 0) is 27.2 Å². The minimum absolute atomic E-state index is 0.00198. The van der Waals surface area contributed by atoms with Crippen LogP contribution in [0.15, 0.2) is 59.6 Å². The average molecular weight is 467 g/mol. The van der Waals surface area contributed by atoms with Crippen LogP contribution in [0.5, 0.6) is 5.75 Å². The zero-order valence-electron chi connectivity index (χ0n) is 19.7. The fourth-order valence-corrected chi connectivity index (χ4v) is 4.23. The van der Waals surface area contributed by atoms with E-state index >= 15 is 0 Å². The van der Waals surface area contributed by atoms with E-state index in [0.717, 1.165) is 30.6 Å². The van der Waals surface area contributed by atoms with Crippen LogP contribution in [0.3, 0.4) is 0 Å². The Labute approximate surface area is 200 Å². The smallest absolute Gasteiger partial charge is 0.306 e. The molecule has 8 heteroatoms. The van der Waals surface area contributed by atoms with E-state index in [2.05, 4.69) is 17.1 Å². The number of guanidine groups is 1. The molecule has 0 spiro atoms. The number of carbonyl (C=O) groups is 2. The third kappa shape index (κ3) is 7.50. The van der Waals surface area contributed by atoms with Crippen LogP contribution in [0.25, 0.3) is 0 Å². The van der Waals surface area contributed by atoms with Crippen molar-refractivity contribution in [3.63, 3.8) is 0 Å². The molecule has 8 nitrogen and oxygen atoms in total. The number of carbonyl (C=O) groups excluding carboxylic acids is 2. The van der Waals surface area contributed by atoms with E-state index < -0.39 is 0 Å². The van der Waals surface area contributed by atoms with Gasteiger partial charge in [0.1, 0.15) is 12.4 Å². The summed E-state index contributed by atoms with van der Waals surface area (Å²) < 4.78 is 10.8. The molecule has 0 bridgehead atoms. The maximum absolute atomic E-state index is 13.0. The van der Waals surface area contributed by atoms with Crippen LogP contribution >= 0.6 is 0 Å². The van der Waals surface area contributed by atoms with Crippen molar-refractivity contribution in [2.75, 3.05) is 26.8 Å². The van der Waals surface area contributed by atoms with Gasteiger partial charge in [0, 0.05) is 13.1 Å². The lowest BCUT2D eigenvalue weighted by molar-refractivity contribution is -0.144. The number of rotatable bonds is 12. The number of nitrogens with two attached hydrogens (primary N) is 2. The molecule has 1 aliphatic heterocycles. The van der Waals surface area contributed by atoms with Crippen LogP contribution in [0.1, 0.15) is 30.4 Å². The van der Waals surface area contributed by atoms with Crippen LogP contribution in [-0.4, -0.2) is 55.6 Å². The summed E-state index contributed by atoms with van der Waals surface area (Å²) >= 11 is 0. The van der Waals surface area contributed by atoms with Gasteiger partial charge in [-0.15, -0.1) is 0 Å². The molecule has 0 aromatic heterocycles. The third-order valence-electron chi connectivity index (χ3n) is 6.04. The first-order chi connectivity index (χ1) is 16.5. The van der Waals surface area contributed by atoms with Crippen LogP contribution in [0.2, 0.25) is 0 Å².